The summed E-state index contributed by atoms with van der Waals surface area (Å²) in [5.74, 6) is 0.689. The van der Waals surface area contributed by atoms with Gasteiger partial charge in [-0.2, -0.15) is 0 Å². The molecule has 1 N–H and O–H groups in total. The van der Waals surface area contributed by atoms with Crippen molar-refractivity contribution < 1.29 is 4.79 Å². The zero-order valence-electron chi connectivity index (χ0n) is 10.2. The van der Waals surface area contributed by atoms with E-state index in [1.807, 2.05) is 6.92 Å². The van der Waals surface area contributed by atoms with Gasteiger partial charge in [-0.05, 0) is 31.9 Å². The smallest absolute Gasteiger partial charge is 0.253 e. The molecule has 1 heterocycles. The fourth-order valence-electron chi connectivity index (χ4n) is 1.59. The molecular formula is C13H19ClN2O. The quantitative estimate of drug-likeness (QED) is 0.601. The van der Waals surface area contributed by atoms with Crippen LogP contribution in [0.2, 0.25) is 0 Å². The van der Waals surface area contributed by atoms with Crippen molar-refractivity contribution in [2.45, 2.75) is 32.6 Å². The Morgan fingerprint density at radius 2 is 2.12 bits per heavy atom. The average molecular weight is 255 g/mol. The van der Waals surface area contributed by atoms with Crippen LogP contribution in [0.3, 0.4) is 0 Å². The normalized spacial score (nSPS) is 10.2. The van der Waals surface area contributed by atoms with Crippen LogP contribution < -0.4 is 5.32 Å². The number of pyridine rings is 1. The zero-order valence-corrected chi connectivity index (χ0v) is 11.0. The summed E-state index contributed by atoms with van der Waals surface area (Å²) < 4.78 is 0. The summed E-state index contributed by atoms with van der Waals surface area (Å²) in [4.78, 5) is 15.9. The molecule has 0 atom stereocenters. The molecule has 3 nitrogen and oxygen atoms in total. The van der Waals surface area contributed by atoms with Gasteiger partial charge < -0.3 is 5.32 Å². The van der Waals surface area contributed by atoms with Gasteiger partial charge in [0.05, 0.1) is 5.56 Å². The molecule has 1 amide bonds. The van der Waals surface area contributed by atoms with E-state index in [1.165, 1.54) is 0 Å². The van der Waals surface area contributed by atoms with Crippen molar-refractivity contribution in [3.05, 3.63) is 29.6 Å². The van der Waals surface area contributed by atoms with Gasteiger partial charge in [-0.25, -0.2) is 0 Å². The molecule has 1 aromatic heterocycles. The Morgan fingerprint density at radius 1 is 1.35 bits per heavy atom. The predicted octanol–water partition coefficient (Wildman–Crippen LogP) is 2.92. The number of rotatable bonds is 7. The lowest BCUT2D eigenvalue weighted by molar-refractivity contribution is 0.0952. The minimum absolute atomic E-state index is 0.0343. The molecule has 94 valence electrons. The standard InChI is InChI=1S/C13H19ClN2O/c1-11-12(7-6-10-15-11)13(17)16-9-5-3-2-4-8-14/h6-7,10H,2-5,8-9H2,1H3,(H,16,17). The number of aromatic nitrogens is 1. The monoisotopic (exact) mass is 254 g/mol. The predicted molar refractivity (Wildman–Crippen MR) is 70.5 cm³/mol. The molecular weight excluding hydrogens is 236 g/mol. The first-order valence-corrected chi connectivity index (χ1v) is 6.55. The number of carbonyl (C=O) groups excluding carboxylic acids is 1. The largest absolute Gasteiger partial charge is 0.352 e. The molecule has 1 rings (SSSR count). The van der Waals surface area contributed by atoms with Crippen molar-refractivity contribution >= 4 is 17.5 Å². The van der Waals surface area contributed by atoms with E-state index >= 15 is 0 Å². The van der Waals surface area contributed by atoms with Crippen molar-refractivity contribution in [3.8, 4) is 0 Å². The number of halogens is 1. The molecule has 0 aromatic carbocycles. The van der Waals surface area contributed by atoms with Crippen molar-refractivity contribution in [1.29, 1.82) is 0 Å². The number of nitrogens with one attached hydrogen (secondary N) is 1. The highest BCUT2D eigenvalue weighted by molar-refractivity contribution is 6.17. The van der Waals surface area contributed by atoms with Crippen LogP contribution in [0.25, 0.3) is 0 Å². The van der Waals surface area contributed by atoms with Gasteiger partial charge in [-0.15, -0.1) is 11.6 Å². The van der Waals surface area contributed by atoms with Gasteiger partial charge in [0.25, 0.3) is 5.91 Å². The maximum Gasteiger partial charge on any atom is 0.253 e. The Balaban J connectivity index is 2.24. The topological polar surface area (TPSA) is 42.0 Å². The van der Waals surface area contributed by atoms with Gasteiger partial charge in [0.15, 0.2) is 0 Å². The van der Waals surface area contributed by atoms with Gasteiger partial charge >= 0.3 is 0 Å². The lowest BCUT2D eigenvalue weighted by Gasteiger charge is -2.06. The number of carbonyl (C=O) groups is 1. The molecule has 1 aromatic rings. The molecule has 17 heavy (non-hydrogen) atoms. The van der Waals surface area contributed by atoms with Gasteiger partial charge in [-0.3, -0.25) is 9.78 Å². The molecule has 0 saturated carbocycles. The molecule has 0 aliphatic heterocycles. The van der Waals surface area contributed by atoms with Crippen LogP contribution >= 0.6 is 11.6 Å². The van der Waals surface area contributed by atoms with E-state index in [-0.39, 0.29) is 5.91 Å². The van der Waals surface area contributed by atoms with Crippen LogP contribution in [0.1, 0.15) is 41.7 Å². The lowest BCUT2D eigenvalue weighted by Crippen LogP contribution is -2.25. The Morgan fingerprint density at radius 3 is 2.82 bits per heavy atom. The van der Waals surface area contributed by atoms with E-state index in [4.69, 9.17) is 11.6 Å². The summed E-state index contributed by atoms with van der Waals surface area (Å²) in [7, 11) is 0. The average Bonchev–Trinajstić information content (AvgIpc) is 2.34. The van der Waals surface area contributed by atoms with Crippen LogP contribution in [0.5, 0.6) is 0 Å². The first-order valence-electron chi connectivity index (χ1n) is 6.01. The number of unbranched alkanes of at least 4 members (excludes halogenated alkanes) is 3. The first-order chi connectivity index (χ1) is 8.25. The number of nitrogens with zero attached hydrogens (tertiary/aromatic N) is 1. The lowest BCUT2D eigenvalue weighted by atomic mass is 10.2. The van der Waals surface area contributed by atoms with Crippen LogP contribution in [0.15, 0.2) is 18.3 Å². The van der Waals surface area contributed by atoms with Crippen molar-refractivity contribution in [2.24, 2.45) is 0 Å². The van der Waals surface area contributed by atoms with E-state index in [0.717, 1.165) is 43.8 Å². The van der Waals surface area contributed by atoms with E-state index < -0.39 is 0 Å². The van der Waals surface area contributed by atoms with Gasteiger partial charge in [0, 0.05) is 24.3 Å². The fraction of sp³-hybridized carbons (Fsp3) is 0.538. The van der Waals surface area contributed by atoms with Crippen LogP contribution in [0.4, 0.5) is 0 Å². The molecule has 0 bridgehead atoms. The number of alkyl halides is 1. The Hall–Kier alpha value is -1.09. The van der Waals surface area contributed by atoms with E-state index in [2.05, 4.69) is 10.3 Å². The highest BCUT2D eigenvalue weighted by Crippen LogP contribution is 2.04. The van der Waals surface area contributed by atoms with Crippen LogP contribution in [-0.2, 0) is 0 Å². The Labute approximate surface area is 108 Å². The number of aryl methyl sites for hydroxylation is 1. The van der Waals surface area contributed by atoms with E-state index in [1.54, 1.807) is 18.3 Å². The van der Waals surface area contributed by atoms with Crippen molar-refractivity contribution in [1.82, 2.24) is 10.3 Å². The summed E-state index contributed by atoms with van der Waals surface area (Å²) in [6.07, 6.45) is 5.99. The highest BCUT2D eigenvalue weighted by Gasteiger charge is 2.07. The van der Waals surface area contributed by atoms with Crippen molar-refractivity contribution in [2.75, 3.05) is 12.4 Å². The maximum absolute atomic E-state index is 11.8. The molecule has 4 heteroatoms. The first kappa shape index (κ1) is 14.0. The summed E-state index contributed by atoms with van der Waals surface area (Å²) >= 11 is 5.59. The molecule has 0 aliphatic rings. The van der Waals surface area contributed by atoms with E-state index in [9.17, 15) is 4.79 Å². The van der Waals surface area contributed by atoms with Gasteiger partial charge in [0.2, 0.25) is 0 Å². The molecule has 0 aliphatic carbocycles. The third-order valence-corrected chi connectivity index (χ3v) is 2.86. The molecule has 0 saturated heterocycles. The van der Waals surface area contributed by atoms with E-state index in [0.29, 0.717) is 5.56 Å². The Bertz CT molecular complexity index is 355. The van der Waals surface area contributed by atoms with Gasteiger partial charge in [-0.1, -0.05) is 12.8 Å². The van der Waals surface area contributed by atoms with Crippen molar-refractivity contribution in [3.63, 3.8) is 0 Å². The Kier molecular flexibility index (Phi) is 6.63. The summed E-state index contributed by atoms with van der Waals surface area (Å²) in [6, 6.07) is 3.58. The summed E-state index contributed by atoms with van der Waals surface area (Å²) in [5.41, 5.74) is 1.43. The maximum atomic E-state index is 11.8. The fourth-order valence-corrected chi connectivity index (χ4v) is 1.78. The number of amides is 1. The molecule has 0 spiro atoms. The second kappa shape index (κ2) is 8.07. The summed E-state index contributed by atoms with van der Waals surface area (Å²) in [5, 5.41) is 2.90. The molecule has 0 radical (unpaired) electrons. The van der Waals surface area contributed by atoms with Crippen LogP contribution in [-0.4, -0.2) is 23.3 Å². The second-order valence-electron chi connectivity index (χ2n) is 4.00. The SMILES string of the molecule is Cc1ncccc1C(=O)NCCCCCCCl. The highest BCUT2D eigenvalue weighted by atomic mass is 35.5. The minimum atomic E-state index is -0.0343. The van der Waals surface area contributed by atoms with Gasteiger partial charge in [0.1, 0.15) is 0 Å². The van der Waals surface area contributed by atoms with Crippen LogP contribution in [0, 0.1) is 6.92 Å². The number of hydrogen-bond donors (Lipinski definition) is 1. The number of hydrogen-bond acceptors (Lipinski definition) is 2. The molecule has 0 unspecified atom stereocenters. The third-order valence-electron chi connectivity index (χ3n) is 2.60. The minimum Gasteiger partial charge on any atom is -0.352 e. The third kappa shape index (κ3) is 5.18. The second-order valence-corrected chi connectivity index (χ2v) is 4.37. The summed E-state index contributed by atoms with van der Waals surface area (Å²) in [6.45, 7) is 2.56. The zero-order chi connectivity index (χ0) is 12.5. The molecule has 0 fully saturated rings.